The molecule has 1 fully saturated rings. The van der Waals surface area contributed by atoms with E-state index in [0.717, 1.165) is 23.2 Å². The lowest BCUT2D eigenvalue weighted by Crippen LogP contribution is -2.47. The first-order valence-electron chi connectivity index (χ1n) is 5.09. The van der Waals surface area contributed by atoms with Crippen LogP contribution in [0.3, 0.4) is 0 Å². The van der Waals surface area contributed by atoms with Gasteiger partial charge < -0.3 is 15.8 Å². The highest BCUT2D eigenvalue weighted by Gasteiger charge is 2.21. The van der Waals surface area contributed by atoms with E-state index in [-0.39, 0.29) is 12.1 Å². The zero-order valence-electron chi connectivity index (χ0n) is 8.45. The molecule has 0 aromatic heterocycles. The second-order valence-corrected chi connectivity index (χ2v) is 4.63. The Kier molecular flexibility index (Phi) is 3.75. The van der Waals surface area contributed by atoms with Gasteiger partial charge in [-0.2, -0.15) is 0 Å². The van der Waals surface area contributed by atoms with Crippen molar-refractivity contribution >= 4 is 15.9 Å². The molecule has 1 aliphatic heterocycles. The topological polar surface area (TPSA) is 47.3 Å². The van der Waals surface area contributed by atoms with Crippen molar-refractivity contribution in [2.24, 2.45) is 5.73 Å². The molecule has 15 heavy (non-hydrogen) atoms. The van der Waals surface area contributed by atoms with Crippen LogP contribution in [0.2, 0.25) is 0 Å². The average molecular weight is 271 g/mol. The third-order valence-corrected chi connectivity index (χ3v) is 3.11. The van der Waals surface area contributed by atoms with Gasteiger partial charge in [0.2, 0.25) is 0 Å². The molecule has 0 radical (unpaired) electrons. The zero-order valence-corrected chi connectivity index (χ0v) is 10.0. The first kappa shape index (κ1) is 11.1. The van der Waals surface area contributed by atoms with Crippen LogP contribution in [0.4, 0.5) is 0 Å². The maximum absolute atomic E-state index is 6.18. The summed E-state index contributed by atoms with van der Waals surface area (Å²) in [5, 5.41) is 3.37. The van der Waals surface area contributed by atoms with Crippen molar-refractivity contribution < 1.29 is 4.74 Å². The maximum atomic E-state index is 6.18. The molecule has 1 heterocycles. The van der Waals surface area contributed by atoms with Gasteiger partial charge in [-0.05, 0) is 17.7 Å². The van der Waals surface area contributed by atoms with Crippen LogP contribution in [-0.4, -0.2) is 25.8 Å². The monoisotopic (exact) mass is 270 g/mol. The van der Waals surface area contributed by atoms with Gasteiger partial charge in [-0.3, -0.25) is 0 Å². The predicted molar refractivity (Wildman–Crippen MR) is 63.7 cm³/mol. The molecule has 0 spiro atoms. The maximum Gasteiger partial charge on any atom is 0.0638 e. The largest absolute Gasteiger partial charge is 0.378 e. The van der Waals surface area contributed by atoms with Gasteiger partial charge in [0.1, 0.15) is 0 Å². The van der Waals surface area contributed by atoms with Gasteiger partial charge in [-0.1, -0.05) is 28.1 Å². The van der Waals surface area contributed by atoms with Crippen LogP contribution in [-0.2, 0) is 4.74 Å². The third kappa shape index (κ3) is 2.78. The summed E-state index contributed by atoms with van der Waals surface area (Å²) in [4.78, 5) is 0. The van der Waals surface area contributed by atoms with E-state index in [2.05, 4.69) is 27.3 Å². The van der Waals surface area contributed by atoms with E-state index in [1.807, 2.05) is 18.2 Å². The highest BCUT2D eigenvalue weighted by atomic mass is 79.9. The van der Waals surface area contributed by atoms with Crippen molar-refractivity contribution in [1.29, 1.82) is 0 Å². The van der Waals surface area contributed by atoms with Gasteiger partial charge in [-0.25, -0.2) is 0 Å². The quantitative estimate of drug-likeness (QED) is 0.855. The molecule has 0 aliphatic carbocycles. The fourth-order valence-corrected chi connectivity index (χ4v) is 2.18. The van der Waals surface area contributed by atoms with Crippen molar-refractivity contribution in [3.8, 4) is 0 Å². The van der Waals surface area contributed by atoms with Crippen LogP contribution < -0.4 is 11.1 Å². The smallest absolute Gasteiger partial charge is 0.0638 e. The van der Waals surface area contributed by atoms with Crippen molar-refractivity contribution in [3.05, 3.63) is 34.3 Å². The molecule has 1 aromatic rings. The number of rotatable bonds is 2. The summed E-state index contributed by atoms with van der Waals surface area (Å²) >= 11 is 3.45. The van der Waals surface area contributed by atoms with Gasteiger partial charge in [0, 0.05) is 23.1 Å². The van der Waals surface area contributed by atoms with Gasteiger partial charge >= 0.3 is 0 Å². The Labute approximate surface area is 98.1 Å². The number of hydrogen-bond acceptors (Lipinski definition) is 3. The minimum Gasteiger partial charge on any atom is -0.378 e. The van der Waals surface area contributed by atoms with E-state index in [9.17, 15) is 0 Å². The Hall–Kier alpha value is -0.420. The van der Waals surface area contributed by atoms with E-state index in [0.29, 0.717) is 6.61 Å². The fourth-order valence-electron chi connectivity index (χ4n) is 1.76. The number of halogens is 1. The van der Waals surface area contributed by atoms with Gasteiger partial charge in [-0.15, -0.1) is 0 Å². The summed E-state index contributed by atoms with van der Waals surface area (Å²) in [6.45, 7) is 2.35. The third-order valence-electron chi connectivity index (χ3n) is 2.62. The number of ether oxygens (including phenoxy) is 1. The number of hydrogen-bond donors (Lipinski definition) is 2. The minimum absolute atomic E-state index is 0.0113. The van der Waals surface area contributed by atoms with E-state index in [1.165, 1.54) is 0 Å². The first-order valence-corrected chi connectivity index (χ1v) is 5.89. The molecular weight excluding hydrogens is 256 g/mol. The van der Waals surface area contributed by atoms with Crippen molar-refractivity contribution in [3.63, 3.8) is 0 Å². The minimum atomic E-state index is -0.0113. The van der Waals surface area contributed by atoms with Gasteiger partial charge in [0.15, 0.2) is 0 Å². The normalized spacial score (nSPS) is 23.7. The molecule has 3 N–H and O–H groups in total. The molecule has 0 bridgehead atoms. The second-order valence-electron chi connectivity index (χ2n) is 3.72. The summed E-state index contributed by atoms with van der Waals surface area (Å²) in [7, 11) is 0. The van der Waals surface area contributed by atoms with Gasteiger partial charge in [0.05, 0.1) is 13.2 Å². The van der Waals surface area contributed by atoms with Crippen LogP contribution in [0.25, 0.3) is 0 Å². The highest BCUT2D eigenvalue weighted by Crippen LogP contribution is 2.19. The summed E-state index contributed by atoms with van der Waals surface area (Å²) < 4.78 is 6.46. The van der Waals surface area contributed by atoms with E-state index >= 15 is 0 Å². The van der Waals surface area contributed by atoms with Crippen LogP contribution in [0.5, 0.6) is 0 Å². The predicted octanol–water partition coefficient (Wildman–Crippen LogP) is 1.44. The van der Waals surface area contributed by atoms with E-state index in [4.69, 9.17) is 10.5 Å². The molecule has 2 rings (SSSR count). The first-order chi connectivity index (χ1) is 7.27. The van der Waals surface area contributed by atoms with Crippen LogP contribution in [0.15, 0.2) is 28.7 Å². The van der Waals surface area contributed by atoms with Crippen LogP contribution >= 0.6 is 15.9 Å². The molecule has 2 unspecified atom stereocenters. The Morgan fingerprint density at radius 2 is 2.40 bits per heavy atom. The lowest BCUT2D eigenvalue weighted by Gasteiger charge is -2.29. The SMILES string of the molecule is NC(c1cccc(Br)c1)C1COCCN1. The summed E-state index contributed by atoms with van der Waals surface area (Å²) in [6, 6.07) is 8.31. The summed E-state index contributed by atoms with van der Waals surface area (Å²) in [5.74, 6) is 0. The van der Waals surface area contributed by atoms with Gasteiger partial charge in [0.25, 0.3) is 0 Å². The molecule has 0 amide bonds. The molecule has 82 valence electrons. The fraction of sp³-hybridized carbons (Fsp3) is 0.455. The highest BCUT2D eigenvalue weighted by molar-refractivity contribution is 9.10. The Balaban J connectivity index is 2.08. The Bertz CT molecular complexity index is 326. The second kappa shape index (κ2) is 5.07. The zero-order chi connectivity index (χ0) is 10.7. The molecule has 0 saturated carbocycles. The standard InChI is InChI=1S/C11H15BrN2O/c12-9-3-1-2-8(6-9)11(13)10-7-15-5-4-14-10/h1-3,6,10-11,14H,4-5,7,13H2. The Morgan fingerprint density at radius 3 is 3.07 bits per heavy atom. The molecule has 1 aliphatic rings. The molecule has 3 nitrogen and oxygen atoms in total. The molecule has 4 heteroatoms. The van der Waals surface area contributed by atoms with Crippen molar-refractivity contribution in [2.45, 2.75) is 12.1 Å². The van der Waals surface area contributed by atoms with E-state index in [1.54, 1.807) is 0 Å². The lowest BCUT2D eigenvalue weighted by molar-refractivity contribution is 0.0685. The Morgan fingerprint density at radius 1 is 1.53 bits per heavy atom. The number of nitrogens with one attached hydrogen (secondary N) is 1. The van der Waals surface area contributed by atoms with Crippen molar-refractivity contribution in [1.82, 2.24) is 5.32 Å². The lowest BCUT2D eigenvalue weighted by atomic mass is 10.0. The van der Waals surface area contributed by atoms with Crippen molar-refractivity contribution in [2.75, 3.05) is 19.8 Å². The molecular formula is C11H15BrN2O. The van der Waals surface area contributed by atoms with Crippen LogP contribution in [0, 0.1) is 0 Å². The van der Waals surface area contributed by atoms with E-state index < -0.39 is 0 Å². The molecule has 1 aromatic carbocycles. The number of nitrogens with two attached hydrogens (primary N) is 1. The molecule has 1 saturated heterocycles. The summed E-state index contributed by atoms with van der Waals surface area (Å²) in [6.07, 6.45) is 0. The number of benzene rings is 1. The molecule has 2 atom stereocenters. The summed E-state index contributed by atoms with van der Waals surface area (Å²) in [5.41, 5.74) is 7.31. The number of morpholine rings is 1. The average Bonchev–Trinajstić information content (AvgIpc) is 2.29. The van der Waals surface area contributed by atoms with Crippen LogP contribution in [0.1, 0.15) is 11.6 Å².